The minimum Gasteiger partial charge on any atom is -0.390 e. The molecule has 0 aromatic heterocycles. The van der Waals surface area contributed by atoms with Crippen molar-refractivity contribution in [2.45, 2.75) is 86.7 Å². The van der Waals surface area contributed by atoms with E-state index in [0.717, 1.165) is 58.3 Å². The highest BCUT2D eigenvalue weighted by atomic mass is 79.9. The first-order valence-electron chi connectivity index (χ1n) is 14.3. The molecule has 2 saturated carbocycles. The third kappa shape index (κ3) is 7.20. The monoisotopic (exact) mass is 571 g/mol. The highest BCUT2D eigenvalue weighted by Crippen LogP contribution is 2.41. The average molecular weight is 573 g/mol. The number of carbonyl (C=O) groups is 1. The number of halogens is 1. The number of nitrogens with zero attached hydrogens (tertiary/aromatic N) is 1. The van der Waals surface area contributed by atoms with Crippen LogP contribution in [0, 0.1) is 17.8 Å². The van der Waals surface area contributed by atoms with E-state index in [1.165, 1.54) is 19.3 Å². The molecule has 3 heterocycles. The topological polar surface area (TPSA) is 107 Å². The number of nitrogens with one attached hydrogen (secondary N) is 4. The fourth-order valence-corrected chi connectivity index (χ4v) is 7.78. The predicted molar refractivity (Wildman–Crippen MR) is 142 cm³/mol. The zero-order chi connectivity index (χ0) is 24.9. The number of fused-ring (bicyclic) bond motifs is 1. The molecule has 0 aromatic rings. The number of carbonyl (C=O) groups excluding carboxylic acids is 1. The lowest BCUT2D eigenvalue weighted by atomic mass is 9.73. The van der Waals surface area contributed by atoms with E-state index in [1.54, 1.807) is 0 Å². The number of hydrogen-bond acceptors (Lipinski definition) is 8. The van der Waals surface area contributed by atoms with E-state index in [4.69, 9.17) is 9.47 Å². The minimum absolute atomic E-state index is 0.0246. The van der Waals surface area contributed by atoms with Crippen molar-refractivity contribution >= 4 is 21.8 Å². The molecule has 1 amide bonds. The number of hydrogen-bond donors (Lipinski definition) is 5. The van der Waals surface area contributed by atoms with Crippen molar-refractivity contribution in [2.75, 3.05) is 52.6 Å². The van der Waals surface area contributed by atoms with E-state index in [0.29, 0.717) is 49.1 Å². The number of aliphatic hydroxyl groups excluding tert-OH is 1. The number of piperidine rings is 2. The Morgan fingerprint density at radius 1 is 1.22 bits per heavy atom. The van der Waals surface area contributed by atoms with Gasteiger partial charge < -0.3 is 30.1 Å². The Labute approximate surface area is 224 Å². The standard InChI is InChI=1S/C26H46BrN5O4/c27-25-22-7-9-32(13-18(22)4-5-23(25)35-15-21-12-28-16-36-21)14-20(33)11-30-26(34)17-6-8-29-24(10-17)31-19-2-1-3-19/h17-25,28-29,31,33H,1-16H2,(H,30,34)/t17?,18?,20-,21?,22?,23?,24?,25?/m0/s1. The van der Waals surface area contributed by atoms with Crippen LogP contribution in [0.15, 0.2) is 0 Å². The molecule has 0 bridgehead atoms. The number of likely N-dealkylation sites (tertiary alicyclic amines) is 1. The molecule has 5 N–H and O–H groups in total. The molecule has 5 fully saturated rings. The van der Waals surface area contributed by atoms with E-state index in [1.807, 2.05) is 0 Å². The van der Waals surface area contributed by atoms with Crippen LogP contribution in [-0.4, -0.2) is 104 Å². The fourth-order valence-electron chi connectivity index (χ4n) is 6.67. The Morgan fingerprint density at radius 2 is 2.11 bits per heavy atom. The van der Waals surface area contributed by atoms with E-state index in [-0.39, 0.29) is 30.2 Å². The van der Waals surface area contributed by atoms with E-state index < -0.39 is 6.10 Å². The number of ether oxygens (including phenoxy) is 2. The summed E-state index contributed by atoms with van der Waals surface area (Å²) in [6.45, 7) is 6.00. The first-order chi connectivity index (χ1) is 17.5. The molecule has 3 saturated heterocycles. The van der Waals surface area contributed by atoms with Crippen molar-refractivity contribution in [3.63, 3.8) is 0 Å². The molecule has 0 radical (unpaired) electrons. The van der Waals surface area contributed by atoms with Gasteiger partial charge in [-0.25, -0.2) is 0 Å². The predicted octanol–water partition coefficient (Wildman–Crippen LogP) is 0.758. The van der Waals surface area contributed by atoms with Crippen molar-refractivity contribution in [2.24, 2.45) is 17.8 Å². The van der Waals surface area contributed by atoms with Crippen LogP contribution in [0.5, 0.6) is 0 Å². The summed E-state index contributed by atoms with van der Waals surface area (Å²) in [6.07, 6.45) is 8.97. The molecule has 3 aliphatic heterocycles. The summed E-state index contributed by atoms with van der Waals surface area (Å²) >= 11 is 3.97. The van der Waals surface area contributed by atoms with Gasteiger partial charge in [-0.1, -0.05) is 22.4 Å². The number of alkyl halides is 1. The molecule has 5 aliphatic rings. The molecule has 0 spiro atoms. The maximum atomic E-state index is 12.8. The third-order valence-corrected chi connectivity index (χ3v) is 10.3. The Kier molecular flexibility index (Phi) is 9.95. The largest absolute Gasteiger partial charge is 0.390 e. The van der Waals surface area contributed by atoms with Crippen LogP contribution in [0.2, 0.25) is 0 Å². The van der Waals surface area contributed by atoms with E-state index in [2.05, 4.69) is 42.1 Å². The SMILES string of the molecule is O=C(NC[C@H](O)CN1CCC2C(CCC(OCC3CNCO3)C2Br)C1)C1CCNC(NC2CCC2)C1. The number of aliphatic hydroxyl groups is 1. The summed E-state index contributed by atoms with van der Waals surface area (Å²) in [6, 6.07) is 0.613. The van der Waals surface area contributed by atoms with Gasteiger partial charge in [-0.15, -0.1) is 0 Å². The summed E-state index contributed by atoms with van der Waals surface area (Å²) < 4.78 is 11.9. The maximum absolute atomic E-state index is 12.8. The molecule has 10 heteroatoms. The van der Waals surface area contributed by atoms with Gasteiger partial charge in [-0.05, 0) is 69.9 Å². The van der Waals surface area contributed by atoms with Crippen molar-refractivity contribution in [3.05, 3.63) is 0 Å². The van der Waals surface area contributed by atoms with Gasteiger partial charge in [0.15, 0.2) is 0 Å². The second-order valence-electron chi connectivity index (χ2n) is 11.7. The van der Waals surface area contributed by atoms with Gasteiger partial charge in [0.25, 0.3) is 0 Å². The van der Waals surface area contributed by atoms with E-state index >= 15 is 0 Å². The van der Waals surface area contributed by atoms with Crippen molar-refractivity contribution in [1.82, 2.24) is 26.2 Å². The van der Waals surface area contributed by atoms with Crippen LogP contribution in [0.4, 0.5) is 0 Å². The zero-order valence-electron chi connectivity index (χ0n) is 21.5. The molecule has 206 valence electrons. The van der Waals surface area contributed by atoms with Crippen LogP contribution >= 0.6 is 15.9 Å². The molecular weight excluding hydrogens is 526 g/mol. The lowest BCUT2D eigenvalue weighted by Crippen LogP contribution is -2.55. The molecular formula is C26H46BrN5O4. The third-order valence-electron chi connectivity index (χ3n) is 9.05. The van der Waals surface area contributed by atoms with Gasteiger partial charge in [-0.2, -0.15) is 0 Å². The Morgan fingerprint density at radius 3 is 2.89 bits per heavy atom. The van der Waals surface area contributed by atoms with Crippen LogP contribution in [0.25, 0.3) is 0 Å². The summed E-state index contributed by atoms with van der Waals surface area (Å²) in [5.41, 5.74) is 0. The summed E-state index contributed by atoms with van der Waals surface area (Å²) in [5, 5.41) is 24.1. The Bertz CT molecular complexity index is 710. The van der Waals surface area contributed by atoms with Gasteiger partial charge in [-0.3, -0.25) is 15.4 Å². The molecule has 7 unspecified atom stereocenters. The molecule has 5 rings (SSSR count). The van der Waals surface area contributed by atoms with Gasteiger partial charge in [0.2, 0.25) is 5.91 Å². The van der Waals surface area contributed by atoms with Crippen LogP contribution in [-0.2, 0) is 14.3 Å². The van der Waals surface area contributed by atoms with Crippen LogP contribution in [0.3, 0.4) is 0 Å². The highest BCUT2D eigenvalue weighted by Gasteiger charge is 2.42. The lowest BCUT2D eigenvalue weighted by molar-refractivity contribution is -0.126. The first kappa shape index (κ1) is 27.2. The van der Waals surface area contributed by atoms with Gasteiger partial charge in [0.05, 0.1) is 37.8 Å². The Hall–Kier alpha value is -0.330. The normalized spacial score (nSPS) is 38.8. The maximum Gasteiger partial charge on any atom is 0.223 e. The summed E-state index contributed by atoms with van der Waals surface area (Å²) in [7, 11) is 0. The van der Waals surface area contributed by atoms with Crippen molar-refractivity contribution < 1.29 is 19.4 Å². The molecule has 0 aromatic carbocycles. The zero-order valence-corrected chi connectivity index (χ0v) is 23.1. The second-order valence-corrected chi connectivity index (χ2v) is 12.7. The number of amides is 1. The minimum atomic E-state index is -0.532. The smallest absolute Gasteiger partial charge is 0.223 e. The molecule has 36 heavy (non-hydrogen) atoms. The molecule has 9 nitrogen and oxygen atoms in total. The summed E-state index contributed by atoms with van der Waals surface area (Å²) in [4.78, 5) is 15.5. The fraction of sp³-hybridized carbons (Fsp3) is 0.962. The van der Waals surface area contributed by atoms with Crippen LogP contribution < -0.4 is 21.3 Å². The van der Waals surface area contributed by atoms with Gasteiger partial charge in [0, 0.05) is 43.0 Å². The number of β-amino-alcohol motifs (C(OH)–C–C–N with tert-alkyl or cyclic N) is 1. The van der Waals surface area contributed by atoms with E-state index in [9.17, 15) is 9.90 Å². The number of rotatable bonds is 10. The summed E-state index contributed by atoms with van der Waals surface area (Å²) in [5.74, 6) is 1.36. The quantitative estimate of drug-likeness (QED) is 0.245. The molecule has 2 aliphatic carbocycles. The highest BCUT2D eigenvalue weighted by molar-refractivity contribution is 9.09. The van der Waals surface area contributed by atoms with Gasteiger partial charge in [0.1, 0.15) is 0 Å². The second kappa shape index (κ2) is 13.2. The average Bonchev–Trinajstić information content (AvgIpc) is 3.38. The lowest BCUT2D eigenvalue weighted by Gasteiger charge is -2.46. The van der Waals surface area contributed by atoms with Crippen molar-refractivity contribution in [1.29, 1.82) is 0 Å². The first-order valence-corrected chi connectivity index (χ1v) is 15.2. The van der Waals surface area contributed by atoms with Crippen molar-refractivity contribution in [3.8, 4) is 0 Å². The molecule has 8 atom stereocenters. The van der Waals surface area contributed by atoms with Crippen LogP contribution in [0.1, 0.15) is 51.4 Å². The Balaban J connectivity index is 0.990. The van der Waals surface area contributed by atoms with Gasteiger partial charge >= 0.3 is 0 Å².